The molecule has 0 unspecified atom stereocenters. The normalized spacial score (nSPS) is 9.65. The van der Waals surface area contributed by atoms with Crippen LogP contribution in [0.5, 0.6) is 5.75 Å². The highest BCUT2D eigenvalue weighted by Gasteiger charge is 2.05. The molecule has 1 aromatic carbocycles. The molecular weight excluding hydrogens is 212 g/mol. The molecule has 0 fully saturated rings. The molecule has 0 radical (unpaired) electrons. The lowest BCUT2D eigenvalue weighted by Gasteiger charge is -2.07. The molecule has 0 saturated carbocycles. The number of pyridine rings is 1. The summed E-state index contributed by atoms with van der Waals surface area (Å²) in [4.78, 5) is 4.05. The van der Waals surface area contributed by atoms with Crippen molar-refractivity contribution in [2.75, 3.05) is 6.61 Å². The van der Waals surface area contributed by atoms with Gasteiger partial charge in [-0.05, 0) is 30.7 Å². The van der Waals surface area contributed by atoms with Gasteiger partial charge in [0.15, 0.2) is 0 Å². The Bertz CT molecular complexity index is 558. The van der Waals surface area contributed by atoms with E-state index in [-0.39, 0.29) is 0 Å². The lowest BCUT2D eigenvalue weighted by Crippen LogP contribution is -1.92. The van der Waals surface area contributed by atoms with Crippen LogP contribution < -0.4 is 4.74 Å². The third-order valence-electron chi connectivity index (χ3n) is 2.40. The summed E-state index contributed by atoms with van der Waals surface area (Å²) in [6, 6.07) is 11.5. The lowest BCUT2D eigenvalue weighted by atomic mass is 10.0. The summed E-state index contributed by atoms with van der Waals surface area (Å²) < 4.78 is 5.44. The molecule has 0 aliphatic carbocycles. The Kier molecular flexibility index (Phi) is 3.37. The topological polar surface area (TPSA) is 45.9 Å². The fraction of sp³-hybridized carbons (Fsp3) is 0.143. The fourth-order valence-corrected chi connectivity index (χ4v) is 1.64. The Morgan fingerprint density at radius 1 is 1.35 bits per heavy atom. The Labute approximate surface area is 100 Å². The van der Waals surface area contributed by atoms with Crippen LogP contribution in [0.15, 0.2) is 42.7 Å². The molecule has 0 aliphatic heterocycles. The molecule has 0 amide bonds. The molecule has 2 aromatic rings. The second-order valence-corrected chi connectivity index (χ2v) is 3.49. The minimum Gasteiger partial charge on any atom is -0.494 e. The highest BCUT2D eigenvalue weighted by molar-refractivity contribution is 5.70. The molecule has 2 rings (SSSR count). The van der Waals surface area contributed by atoms with Crippen molar-refractivity contribution in [2.45, 2.75) is 6.92 Å². The van der Waals surface area contributed by atoms with Crippen LogP contribution in [0.1, 0.15) is 12.5 Å². The van der Waals surface area contributed by atoms with E-state index in [4.69, 9.17) is 10.00 Å². The first-order valence-electron chi connectivity index (χ1n) is 5.42. The largest absolute Gasteiger partial charge is 0.494 e. The summed E-state index contributed by atoms with van der Waals surface area (Å²) in [5, 5.41) is 9.04. The van der Waals surface area contributed by atoms with Gasteiger partial charge >= 0.3 is 0 Å². The average molecular weight is 224 g/mol. The zero-order valence-electron chi connectivity index (χ0n) is 9.55. The second kappa shape index (κ2) is 5.13. The molecule has 84 valence electrons. The van der Waals surface area contributed by atoms with E-state index >= 15 is 0 Å². The van der Waals surface area contributed by atoms with E-state index < -0.39 is 0 Å². The second-order valence-electron chi connectivity index (χ2n) is 3.49. The lowest BCUT2D eigenvalue weighted by molar-refractivity contribution is 0.340. The number of benzene rings is 1. The average Bonchev–Trinajstić information content (AvgIpc) is 2.39. The molecule has 0 saturated heterocycles. The molecule has 17 heavy (non-hydrogen) atoms. The maximum Gasteiger partial charge on any atom is 0.119 e. The highest BCUT2D eigenvalue weighted by Crippen LogP contribution is 2.25. The van der Waals surface area contributed by atoms with E-state index in [2.05, 4.69) is 11.1 Å². The molecule has 0 bridgehead atoms. The van der Waals surface area contributed by atoms with Crippen molar-refractivity contribution < 1.29 is 4.74 Å². The highest BCUT2D eigenvalue weighted by atomic mass is 16.5. The van der Waals surface area contributed by atoms with Gasteiger partial charge < -0.3 is 4.74 Å². The molecule has 3 heteroatoms. The number of ether oxygens (including phenoxy) is 1. The smallest absolute Gasteiger partial charge is 0.119 e. The van der Waals surface area contributed by atoms with Gasteiger partial charge in [-0.15, -0.1) is 0 Å². The first-order chi connectivity index (χ1) is 8.35. The van der Waals surface area contributed by atoms with Crippen LogP contribution >= 0.6 is 0 Å². The van der Waals surface area contributed by atoms with Gasteiger partial charge in [-0.2, -0.15) is 5.26 Å². The number of rotatable bonds is 3. The van der Waals surface area contributed by atoms with E-state index in [0.717, 1.165) is 16.9 Å². The monoisotopic (exact) mass is 224 g/mol. The zero-order valence-corrected chi connectivity index (χ0v) is 9.55. The van der Waals surface area contributed by atoms with Crippen LogP contribution in [-0.2, 0) is 0 Å². The SMILES string of the molecule is CCOc1cccc(-c2cnccc2C#N)c1. The summed E-state index contributed by atoms with van der Waals surface area (Å²) in [5.74, 6) is 0.803. The number of hydrogen-bond acceptors (Lipinski definition) is 3. The van der Waals surface area contributed by atoms with Gasteiger partial charge in [0, 0.05) is 18.0 Å². The van der Waals surface area contributed by atoms with E-state index in [1.807, 2.05) is 31.2 Å². The molecule has 0 N–H and O–H groups in total. The van der Waals surface area contributed by atoms with E-state index in [1.165, 1.54) is 0 Å². The van der Waals surface area contributed by atoms with Crippen molar-refractivity contribution in [3.8, 4) is 22.9 Å². The molecule has 0 aliphatic rings. The summed E-state index contributed by atoms with van der Waals surface area (Å²) >= 11 is 0. The summed E-state index contributed by atoms with van der Waals surface area (Å²) in [7, 11) is 0. The van der Waals surface area contributed by atoms with Gasteiger partial charge in [-0.25, -0.2) is 0 Å². The van der Waals surface area contributed by atoms with Crippen molar-refractivity contribution in [3.63, 3.8) is 0 Å². The quantitative estimate of drug-likeness (QED) is 0.805. The maximum atomic E-state index is 9.04. The van der Waals surface area contributed by atoms with Crippen LogP contribution in [0.25, 0.3) is 11.1 Å². The zero-order chi connectivity index (χ0) is 12.1. The van der Waals surface area contributed by atoms with Gasteiger partial charge in [-0.3, -0.25) is 4.98 Å². The molecule has 1 heterocycles. The van der Waals surface area contributed by atoms with Crippen LogP contribution in [0.4, 0.5) is 0 Å². The van der Waals surface area contributed by atoms with Gasteiger partial charge in [0.1, 0.15) is 5.75 Å². The Morgan fingerprint density at radius 2 is 2.24 bits per heavy atom. The third-order valence-corrected chi connectivity index (χ3v) is 2.40. The van der Waals surface area contributed by atoms with E-state index in [9.17, 15) is 0 Å². The van der Waals surface area contributed by atoms with Gasteiger partial charge in [-0.1, -0.05) is 12.1 Å². The summed E-state index contributed by atoms with van der Waals surface area (Å²) in [5.41, 5.74) is 2.39. The van der Waals surface area contributed by atoms with Crippen LogP contribution in [0, 0.1) is 11.3 Å². The van der Waals surface area contributed by atoms with Gasteiger partial charge in [0.25, 0.3) is 0 Å². The minimum absolute atomic E-state index is 0.619. The standard InChI is InChI=1S/C14H12N2O/c1-2-17-13-5-3-4-11(8-13)14-10-16-7-6-12(14)9-15/h3-8,10H,2H2,1H3. The molecule has 0 spiro atoms. The number of aromatic nitrogens is 1. The van der Waals surface area contributed by atoms with Crippen LogP contribution in [-0.4, -0.2) is 11.6 Å². The first kappa shape index (κ1) is 11.2. The van der Waals surface area contributed by atoms with Crippen LogP contribution in [0.2, 0.25) is 0 Å². The first-order valence-corrected chi connectivity index (χ1v) is 5.42. The van der Waals surface area contributed by atoms with Crippen molar-refractivity contribution >= 4 is 0 Å². The van der Waals surface area contributed by atoms with Gasteiger partial charge in [0.05, 0.1) is 18.2 Å². The molecule has 3 nitrogen and oxygen atoms in total. The number of nitrogens with zero attached hydrogens (tertiary/aromatic N) is 2. The predicted octanol–water partition coefficient (Wildman–Crippen LogP) is 3.02. The summed E-state index contributed by atoms with van der Waals surface area (Å²) in [6.07, 6.45) is 3.32. The van der Waals surface area contributed by atoms with Crippen molar-refractivity contribution in [1.82, 2.24) is 4.98 Å². The Hall–Kier alpha value is -2.34. The molecule has 1 aromatic heterocycles. The Balaban J connectivity index is 2.46. The third kappa shape index (κ3) is 2.43. The Morgan fingerprint density at radius 3 is 3.00 bits per heavy atom. The van der Waals surface area contributed by atoms with Crippen molar-refractivity contribution in [1.29, 1.82) is 5.26 Å². The van der Waals surface area contributed by atoms with Crippen LogP contribution in [0.3, 0.4) is 0 Å². The molecular formula is C14H12N2O. The molecule has 0 atom stereocenters. The van der Waals surface area contributed by atoms with Gasteiger partial charge in [0.2, 0.25) is 0 Å². The summed E-state index contributed by atoms with van der Waals surface area (Å²) in [6.45, 7) is 2.57. The number of hydrogen-bond donors (Lipinski definition) is 0. The van der Waals surface area contributed by atoms with E-state index in [0.29, 0.717) is 12.2 Å². The van der Waals surface area contributed by atoms with E-state index in [1.54, 1.807) is 18.5 Å². The van der Waals surface area contributed by atoms with Crippen molar-refractivity contribution in [2.24, 2.45) is 0 Å². The predicted molar refractivity (Wildman–Crippen MR) is 65.6 cm³/mol. The number of nitriles is 1. The van der Waals surface area contributed by atoms with Crippen molar-refractivity contribution in [3.05, 3.63) is 48.3 Å². The maximum absolute atomic E-state index is 9.04. The fourth-order valence-electron chi connectivity index (χ4n) is 1.64. The minimum atomic E-state index is 0.619.